The molecule has 2 heterocycles. The van der Waals surface area contributed by atoms with Crippen molar-refractivity contribution in [2.24, 2.45) is 5.41 Å². The van der Waals surface area contributed by atoms with Crippen molar-refractivity contribution < 1.29 is 23.7 Å². The second kappa shape index (κ2) is 9.73. The van der Waals surface area contributed by atoms with Crippen molar-refractivity contribution in [1.82, 2.24) is 4.90 Å². The van der Waals surface area contributed by atoms with Gasteiger partial charge in [0.15, 0.2) is 11.5 Å². The molecule has 0 saturated carbocycles. The summed E-state index contributed by atoms with van der Waals surface area (Å²) in [6.45, 7) is 13.8. The van der Waals surface area contributed by atoms with Gasteiger partial charge < -0.3 is 23.8 Å². The largest absolute Gasteiger partial charge is 0.493 e. The van der Waals surface area contributed by atoms with E-state index in [1.54, 1.807) is 13.2 Å². The summed E-state index contributed by atoms with van der Waals surface area (Å²) in [5.74, 6) is 2.10. The maximum atomic E-state index is 13.4. The molecular weight excluding hydrogens is 442 g/mol. The third-order valence-electron chi connectivity index (χ3n) is 7.38. The van der Waals surface area contributed by atoms with Gasteiger partial charge in [-0.25, -0.2) is 0 Å². The van der Waals surface area contributed by atoms with Crippen molar-refractivity contribution in [3.63, 3.8) is 0 Å². The van der Waals surface area contributed by atoms with Crippen molar-refractivity contribution in [2.75, 3.05) is 20.2 Å². The molecule has 0 aliphatic carbocycles. The minimum atomic E-state index is -0.412. The quantitative estimate of drug-likeness (QED) is 0.503. The minimum absolute atomic E-state index is 0.00163. The van der Waals surface area contributed by atoms with Crippen molar-refractivity contribution in [1.29, 1.82) is 0 Å². The normalized spacial score (nSPS) is 20.5. The summed E-state index contributed by atoms with van der Waals surface area (Å²) >= 11 is 0. The predicted octanol–water partition coefficient (Wildman–Crippen LogP) is 6.04. The molecule has 2 aliphatic heterocycles. The highest BCUT2D eigenvalue weighted by molar-refractivity contribution is 5.95. The van der Waals surface area contributed by atoms with Crippen LogP contribution in [0.15, 0.2) is 42.5 Å². The smallest absolute Gasteiger partial charge is 0.253 e. The van der Waals surface area contributed by atoms with Crippen LogP contribution < -0.4 is 14.2 Å². The monoisotopic (exact) mass is 481 g/mol. The molecule has 0 radical (unpaired) electrons. The lowest BCUT2D eigenvalue weighted by Gasteiger charge is -2.56. The zero-order valence-electron chi connectivity index (χ0n) is 22.1. The van der Waals surface area contributed by atoms with Crippen molar-refractivity contribution in [3.8, 4) is 17.2 Å². The maximum absolute atomic E-state index is 13.4. The lowest BCUT2D eigenvalue weighted by molar-refractivity contribution is -0.180. The average Bonchev–Trinajstić information content (AvgIpc) is 2.82. The van der Waals surface area contributed by atoms with Crippen molar-refractivity contribution in [2.45, 2.75) is 78.3 Å². The number of likely N-dealkylation sites (tertiary alicyclic amines) is 1. The van der Waals surface area contributed by atoms with E-state index in [1.165, 1.54) is 0 Å². The Morgan fingerprint density at radius 1 is 1.00 bits per heavy atom. The number of para-hydroxylation sites is 1. The second-order valence-corrected chi connectivity index (χ2v) is 10.7. The van der Waals surface area contributed by atoms with Crippen LogP contribution in [-0.4, -0.2) is 48.8 Å². The van der Waals surface area contributed by atoms with Crippen LogP contribution >= 0.6 is 0 Å². The summed E-state index contributed by atoms with van der Waals surface area (Å²) < 4.78 is 24.5. The molecule has 1 saturated heterocycles. The molecule has 0 aromatic heterocycles. The number of carbonyl (C=O) groups is 1. The molecule has 2 aromatic rings. The third kappa shape index (κ3) is 4.73. The molecule has 1 atom stereocenters. The van der Waals surface area contributed by atoms with E-state index in [9.17, 15) is 4.79 Å². The number of nitrogens with zero attached hydrogens (tertiary/aromatic N) is 1. The predicted molar refractivity (Wildman–Crippen MR) is 136 cm³/mol. The first-order valence-electron chi connectivity index (χ1n) is 12.7. The highest BCUT2D eigenvalue weighted by Crippen LogP contribution is 2.57. The summed E-state index contributed by atoms with van der Waals surface area (Å²) in [7, 11) is 1.59. The Morgan fingerprint density at radius 3 is 2.31 bits per heavy atom. The molecule has 6 nitrogen and oxygen atoms in total. The van der Waals surface area contributed by atoms with E-state index < -0.39 is 5.60 Å². The summed E-state index contributed by atoms with van der Waals surface area (Å²) in [5, 5.41) is 0. The molecule has 1 amide bonds. The fourth-order valence-corrected chi connectivity index (χ4v) is 5.43. The van der Waals surface area contributed by atoms with E-state index >= 15 is 0 Å². The van der Waals surface area contributed by atoms with Crippen molar-refractivity contribution in [3.05, 3.63) is 53.6 Å². The van der Waals surface area contributed by atoms with Crippen LogP contribution in [0.3, 0.4) is 0 Å². The average molecular weight is 482 g/mol. The molecule has 190 valence electrons. The fraction of sp³-hybridized carbons (Fsp3) is 0.552. The van der Waals surface area contributed by atoms with Gasteiger partial charge in [0, 0.05) is 42.5 Å². The van der Waals surface area contributed by atoms with Crippen LogP contribution in [0.4, 0.5) is 0 Å². The van der Waals surface area contributed by atoms with E-state index in [1.807, 2.05) is 49.1 Å². The first kappa shape index (κ1) is 25.4. The number of rotatable bonds is 6. The molecule has 2 aliphatic rings. The summed E-state index contributed by atoms with van der Waals surface area (Å²) in [5.41, 5.74) is 1.03. The highest BCUT2D eigenvalue weighted by Gasteiger charge is 2.57. The molecule has 1 unspecified atom stereocenters. The minimum Gasteiger partial charge on any atom is -0.493 e. The van der Waals surface area contributed by atoms with Gasteiger partial charge in [0.1, 0.15) is 11.4 Å². The summed E-state index contributed by atoms with van der Waals surface area (Å²) in [6.07, 6.45) is 1.53. The summed E-state index contributed by atoms with van der Waals surface area (Å²) in [6, 6.07) is 13.6. The zero-order chi connectivity index (χ0) is 25.4. The summed E-state index contributed by atoms with van der Waals surface area (Å²) in [4.78, 5) is 15.3. The van der Waals surface area contributed by atoms with E-state index in [0.717, 1.165) is 24.2 Å². The lowest BCUT2D eigenvalue weighted by Crippen LogP contribution is -2.61. The zero-order valence-corrected chi connectivity index (χ0v) is 22.1. The van der Waals surface area contributed by atoms with E-state index in [2.05, 4.69) is 33.8 Å². The Balaban J connectivity index is 1.55. The maximum Gasteiger partial charge on any atom is 0.253 e. The molecule has 2 aromatic carbocycles. The molecule has 6 heteroatoms. The molecular formula is C29H39NO5. The third-order valence-corrected chi connectivity index (χ3v) is 7.38. The Bertz CT molecular complexity index is 1050. The van der Waals surface area contributed by atoms with Gasteiger partial charge >= 0.3 is 0 Å². The van der Waals surface area contributed by atoms with Crippen LogP contribution in [0.2, 0.25) is 0 Å². The molecule has 35 heavy (non-hydrogen) atoms. The Morgan fingerprint density at radius 2 is 1.69 bits per heavy atom. The Kier molecular flexibility index (Phi) is 7.05. The van der Waals surface area contributed by atoms with Crippen LogP contribution in [-0.2, 0) is 4.74 Å². The van der Waals surface area contributed by atoms with Gasteiger partial charge in [0.2, 0.25) is 0 Å². The van der Waals surface area contributed by atoms with E-state index in [4.69, 9.17) is 18.9 Å². The van der Waals surface area contributed by atoms with Crippen LogP contribution in [0.1, 0.15) is 76.4 Å². The topological polar surface area (TPSA) is 57.2 Å². The first-order chi connectivity index (χ1) is 16.6. The van der Waals surface area contributed by atoms with Crippen LogP contribution in [0.25, 0.3) is 0 Å². The number of benzene rings is 2. The number of piperidine rings is 1. The second-order valence-electron chi connectivity index (χ2n) is 10.7. The van der Waals surface area contributed by atoms with E-state index in [0.29, 0.717) is 30.2 Å². The number of hydrogen-bond acceptors (Lipinski definition) is 5. The number of methoxy groups -OCH3 is 1. The molecule has 1 spiro atoms. The SMILES string of the molecule is COc1cc(C(=O)N2CCC3(CC2)Oc2ccccc2C(OC(C)C)C3(C)C)ccc1OC(C)C. The number of hydrogen-bond donors (Lipinski definition) is 0. The van der Waals surface area contributed by atoms with Crippen LogP contribution in [0.5, 0.6) is 17.2 Å². The standard InChI is InChI=1S/C29H39NO5/c1-19(2)33-24-13-12-21(18-25(24)32-7)27(31)30-16-14-29(15-17-30)28(5,6)26(34-20(3)4)22-10-8-9-11-23(22)35-29/h8-13,18-20,26H,14-17H2,1-7H3. The fourth-order valence-electron chi connectivity index (χ4n) is 5.43. The van der Waals surface area contributed by atoms with Gasteiger partial charge in [-0.15, -0.1) is 0 Å². The first-order valence-corrected chi connectivity index (χ1v) is 12.7. The Labute approximate surface area is 209 Å². The van der Waals surface area contributed by atoms with Gasteiger partial charge in [0.05, 0.1) is 25.4 Å². The van der Waals surface area contributed by atoms with Gasteiger partial charge in [0.25, 0.3) is 5.91 Å². The number of carbonyl (C=O) groups excluding carboxylic acids is 1. The lowest BCUT2D eigenvalue weighted by atomic mass is 9.63. The molecule has 1 fully saturated rings. The van der Waals surface area contributed by atoms with Gasteiger partial charge in [-0.2, -0.15) is 0 Å². The number of ether oxygens (including phenoxy) is 4. The Hall–Kier alpha value is -2.73. The van der Waals surface area contributed by atoms with Crippen LogP contribution in [0, 0.1) is 5.41 Å². The van der Waals surface area contributed by atoms with Gasteiger partial charge in [-0.1, -0.05) is 32.0 Å². The van der Waals surface area contributed by atoms with Crippen molar-refractivity contribution >= 4 is 5.91 Å². The number of amides is 1. The highest BCUT2D eigenvalue weighted by atomic mass is 16.5. The molecule has 0 bridgehead atoms. The van der Waals surface area contributed by atoms with E-state index in [-0.39, 0.29) is 29.6 Å². The van der Waals surface area contributed by atoms with Gasteiger partial charge in [-0.05, 0) is 52.0 Å². The molecule has 4 rings (SSSR count). The molecule has 0 N–H and O–H groups in total. The van der Waals surface area contributed by atoms with Gasteiger partial charge in [-0.3, -0.25) is 4.79 Å². The number of fused-ring (bicyclic) bond motifs is 1.